The molecular formula is C41H49N7O6S. The molecule has 4 aromatic rings. The van der Waals surface area contributed by atoms with Crippen LogP contribution in [-0.4, -0.2) is 76.6 Å². The van der Waals surface area contributed by atoms with Crippen molar-refractivity contribution in [3.63, 3.8) is 0 Å². The van der Waals surface area contributed by atoms with E-state index in [1.165, 1.54) is 17.0 Å². The Kier molecular flexibility index (Phi) is 12.4. The van der Waals surface area contributed by atoms with Crippen LogP contribution in [0.2, 0.25) is 0 Å². The van der Waals surface area contributed by atoms with Crippen LogP contribution >= 0.6 is 0 Å². The normalized spacial score (nSPS) is 18.7. The average molecular weight is 768 g/mol. The van der Waals surface area contributed by atoms with Gasteiger partial charge in [-0.3, -0.25) is 19.2 Å². The Bertz CT molecular complexity index is 2070. The summed E-state index contributed by atoms with van der Waals surface area (Å²) in [5.41, 5.74) is 2.77. The van der Waals surface area contributed by atoms with Crippen LogP contribution in [0, 0.1) is 18.8 Å². The summed E-state index contributed by atoms with van der Waals surface area (Å²) in [6, 6.07) is 20.7. The lowest BCUT2D eigenvalue weighted by molar-refractivity contribution is -0.142. The van der Waals surface area contributed by atoms with Crippen LogP contribution in [0.3, 0.4) is 0 Å². The molecule has 290 valence electrons. The number of sulfonamides is 1. The predicted octanol–water partition coefficient (Wildman–Crippen LogP) is 4.81. The van der Waals surface area contributed by atoms with Gasteiger partial charge in [-0.15, -0.1) is 5.10 Å². The summed E-state index contributed by atoms with van der Waals surface area (Å²) >= 11 is 0. The number of aryl methyl sites for hydroxylation is 1. The van der Waals surface area contributed by atoms with E-state index >= 15 is 0 Å². The summed E-state index contributed by atoms with van der Waals surface area (Å²) in [7, 11) is -4.23. The lowest BCUT2D eigenvalue weighted by Gasteiger charge is -2.35. The van der Waals surface area contributed by atoms with Gasteiger partial charge < -0.3 is 15.5 Å². The molecule has 0 spiro atoms. The van der Waals surface area contributed by atoms with Crippen molar-refractivity contribution in [2.45, 2.75) is 94.8 Å². The van der Waals surface area contributed by atoms with Gasteiger partial charge in [-0.05, 0) is 62.3 Å². The molecule has 1 aromatic heterocycles. The van der Waals surface area contributed by atoms with Gasteiger partial charge in [0.2, 0.25) is 11.8 Å². The van der Waals surface area contributed by atoms with Crippen LogP contribution in [0.15, 0.2) is 96.0 Å². The zero-order valence-electron chi connectivity index (χ0n) is 31.4. The van der Waals surface area contributed by atoms with Gasteiger partial charge in [0.1, 0.15) is 23.8 Å². The molecule has 3 aromatic carbocycles. The van der Waals surface area contributed by atoms with Gasteiger partial charge in [-0.2, -0.15) is 0 Å². The Labute approximate surface area is 322 Å². The van der Waals surface area contributed by atoms with Crippen molar-refractivity contribution in [3.8, 4) is 11.3 Å². The lowest BCUT2D eigenvalue weighted by Crippen LogP contribution is -2.58. The highest BCUT2D eigenvalue weighted by Gasteiger charge is 2.46. The maximum atomic E-state index is 14.8. The van der Waals surface area contributed by atoms with Gasteiger partial charge in [0.25, 0.3) is 21.8 Å². The number of likely N-dealkylation sites (tertiary alicyclic amines) is 1. The molecular weight excluding hydrogens is 719 g/mol. The van der Waals surface area contributed by atoms with E-state index in [4.69, 9.17) is 0 Å². The lowest BCUT2D eigenvalue weighted by atomic mass is 9.83. The summed E-state index contributed by atoms with van der Waals surface area (Å²) in [5.74, 6) is -2.50. The van der Waals surface area contributed by atoms with Gasteiger partial charge in [0, 0.05) is 24.1 Å². The van der Waals surface area contributed by atoms with Gasteiger partial charge in [-0.25, -0.2) is 17.8 Å². The highest BCUT2D eigenvalue weighted by molar-refractivity contribution is 7.90. The topological polar surface area (TPSA) is 172 Å². The number of aromatic nitrogens is 3. The number of amides is 4. The number of carbonyl (C=O) groups excluding carboxylic acids is 4. The van der Waals surface area contributed by atoms with E-state index in [0.29, 0.717) is 11.3 Å². The Morgan fingerprint density at radius 1 is 0.855 bits per heavy atom. The second-order valence-corrected chi connectivity index (χ2v) is 16.7. The maximum Gasteiger partial charge on any atom is 0.264 e. The van der Waals surface area contributed by atoms with Crippen LogP contribution in [0.4, 0.5) is 0 Å². The van der Waals surface area contributed by atoms with E-state index in [-0.39, 0.29) is 42.0 Å². The van der Waals surface area contributed by atoms with E-state index in [9.17, 15) is 27.6 Å². The minimum absolute atomic E-state index is 0.0783. The van der Waals surface area contributed by atoms with E-state index in [0.717, 1.165) is 43.2 Å². The molecule has 3 N–H and O–H groups in total. The number of hydrogen-bond acceptors (Lipinski definition) is 8. The van der Waals surface area contributed by atoms with Crippen LogP contribution in [0.5, 0.6) is 0 Å². The Hall–Kier alpha value is -5.37. The highest BCUT2D eigenvalue weighted by atomic mass is 32.2. The molecule has 55 heavy (non-hydrogen) atoms. The van der Waals surface area contributed by atoms with Crippen molar-refractivity contribution in [3.05, 3.63) is 102 Å². The second-order valence-electron chi connectivity index (χ2n) is 15.0. The molecule has 1 aliphatic carbocycles. The van der Waals surface area contributed by atoms with Gasteiger partial charge in [0.05, 0.1) is 17.1 Å². The molecule has 14 heteroatoms. The molecule has 1 saturated carbocycles. The van der Waals surface area contributed by atoms with Crippen LogP contribution in [0.1, 0.15) is 80.8 Å². The summed E-state index contributed by atoms with van der Waals surface area (Å²) in [4.78, 5) is 57.8. The van der Waals surface area contributed by atoms with Gasteiger partial charge in [0.15, 0.2) is 0 Å². The molecule has 4 atom stereocenters. The summed E-state index contributed by atoms with van der Waals surface area (Å²) in [6.07, 6.45) is 6.44. The van der Waals surface area contributed by atoms with Crippen LogP contribution in [0.25, 0.3) is 11.3 Å². The van der Waals surface area contributed by atoms with E-state index < -0.39 is 51.9 Å². The molecule has 13 nitrogen and oxygen atoms in total. The minimum atomic E-state index is -4.23. The first-order valence-electron chi connectivity index (χ1n) is 19.0. The fraction of sp³-hybridized carbons (Fsp3) is 0.415. The zero-order chi connectivity index (χ0) is 39.1. The Morgan fingerprint density at radius 2 is 1.51 bits per heavy atom. The van der Waals surface area contributed by atoms with Crippen molar-refractivity contribution in [2.75, 3.05) is 6.54 Å². The van der Waals surface area contributed by atoms with E-state index in [2.05, 4.69) is 25.7 Å². The highest BCUT2D eigenvalue weighted by Crippen LogP contribution is 2.33. The first kappa shape index (κ1) is 39.3. The molecule has 6 rings (SSSR count). The van der Waals surface area contributed by atoms with Crippen molar-refractivity contribution in [1.82, 2.24) is 35.2 Å². The van der Waals surface area contributed by atoms with Gasteiger partial charge >= 0.3 is 0 Å². The SMILES string of the molecule is Cc1ccc(S(=O)(=O)NC(=O)[C@H](CC(C)C)NC(=O)[C@@H]2C[C@H](n3cc(-c4ccccc4)nn3)CN2C(=O)[C@@H](NC(=O)c2ccccc2)C2CCCCC2)cc1. The molecule has 0 unspecified atom stereocenters. The second kappa shape index (κ2) is 17.4. The monoisotopic (exact) mass is 767 g/mol. The molecule has 1 saturated heterocycles. The smallest absolute Gasteiger partial charge is 0.264 e. The number of carbonyl (C=O) groups is 4. The summed E-state index contributed by atoms with van der Waals surface area (Å²) < 4.78 is 30.2. The van der Waals surface area contributed by atoms with E-state index in [1.54, 1.807) is 47.3 Å². The molecule has 2 fully saturated rings. The summed E-state index contributed by atoms with van der Waals surface area (Å²) in [5, 5.41) is 14.6. The third-order valence-electron chi connectivity index (χ3n) is 10.4. The number of rotatable bonds is 13. The average Bonchev–Trinajstić information content (AvgIpc) is 3.86. The number of nitrogens with one attached hydrogen (secondary N) is 3. The number of nitrogens with zero attached hydrogens (tertiary/aromatic N) is 4. The zero-order valence-corrected chi connectivity index (χ0v) is 32.2. The first-order valence-corrected chi connectivity index (χ1v) is 20.4. The molecule has 4 amide bonds. The maximum absolute atomic E-state index is 14.8. The summed E-state index contributed by atoms with van der Waals surface area (Å²) in [6.45, 7) is 5.65. The number of hydrogen-bond donors (Lipinski definition) is 3. The third-order valence-corrected chi connectivity index (χ3v) is 11.8. The molecule has 0 radical (unpaired) electrons. The quantitative estimate of drug-likeness (QED) is 0.174. The fourth-order valence-corrected chi connectivity index (χ4v) is 8.51. The van der Waals surface area contributed by atoms with Gasteiger partial charge in [-0.1, -0.05) is 105 Å². The Balaban J connectivity index is 1.29. The predicted molar refractivity (Wildman–Crippen MR) is 207 cm³/mol. The molecule has 1 aliphatic heterocycles. The van der Waals surface area contributed by atoms with E-state index in [1.807, 2.05) is 57.2 Å². The standard InChI is InChI=1S/C41H49N7O6S/c1-27(2)23-34(39(50)45-55(53,54)33-21-19-28(3)20-22-33)42-40(51)36-24-32(48-26-35(44-46-48)29-13-7-4-8-14-29)25-47(36)41(52)37(30-15-9-5-10-16-30)43-38(49)31-17-11-6-12-18-31/h4,6-8,11-14,17-22,26-27,30,32,34,36-37H,5,9-10,15-16,23-25H2,1-3H3,(H,42,51)(H,43,49)(H,45,50)/t32-,34-,36-,37-/m0/s1. The third kappa shape index (κ3) is 9.66. The van der Waals surface area contributed by atoms with Crippen molar-refractivity contribution in [2.24, 2.45) is 11.8 Å². The van der Waals surface area contributed by atoms with Crippen LogP contribution < -0.4 is 15.4 Å². The van der Waals surface area contributed by atoms with Crippen molar-refractivity contribution in [1.29, 1.82) is 0 Å². The number of benzene rings is 3. The minimum Gasteiger partial charge on any atom is -0.342 e. The first-order chi connectivity index (χ1) is 26.4. The van der Waals surface area contributed by atoms with Crippen molar-refractivity contribution >= 4 is 33.7 Å². The fourth-order valence-electron chi connectivity index (χ4n) is 7.49. The largest absolute Gasteiger partial charge is 0.342 e. The molecule has 0 bridgehead atoms. The Morgan fingerprint density at radius 3 is 2.16 bits per heavy atom. The molecule has 2 aliphatic rings. The molecule has 2 heterocycles. The van der Waals surface area contributed by atoms with Crippen LogP contribution in [-0.2, 0) is 24.4 Å². The van der Waals surface area contributed by atoms with Crippen molar-refractivity contribution < 1.29 is 27.6 Å².